The molecule has 0 aliphatic carbocycles. The van der Waals surface area contributed by atoms with Crippen LogP contribution in [0.1, 0.15) is 10.6 Å². The molecule has 4 nitrogen and oxygen atoms in total. The van der Waals surface area contributed by atoms with Crippen molar-refractivity contribution in [1.29, 1.82) is 0 Å². The van der Waals surface area contributed by atoms with Gasteiger partial charge >= 0.3 is 5.91 Å². The maximum atomic E-state index is 11.0. The molecule has 70 valence electrons. The summed E-state index contributed by atoms with van der Waals surface area (Å²) in [5.41, 5.74) is 0.645. The Morgan fingerprint density at radius 1 is 1.64 bits per heavy atom. The summed E-state index contributed by atoms with van der Waals surface area (Å²) < 4.78 is 4.81. The number of rotatable bonds is 2. The highest BCUT2D eigenvalue weighted by Gasteiger charge is 2.12. The first-order chi connectivity index (χ1) is 6.81. The topological polar surface area (TPSA) is 55.5 Å². The van der Waals surface area contributed by atoms with E-state index < -0.39 is 5.91 Å². The second kappa shape index (κ2) is 3.55. The first-order valence-electron chi connectivity index (χ1n) is 3.83. The van der Waals surface area contributed by atoms with E-state index in [0.717, 1.165) is 4.88 Å². The molecular formula is C9H6N2O2S. The van der Waals surface area contributed by atoms with Gasteiger partial charge in [0.1, 0.15) is 5.69 Å². The van der Waals surface area contributed by atoms with Crippen LogP contribution in [0.25, 0.3) is 10.6 Å². The maximum absolute atomic E-state index is 11.0. The van der Waals surface area contributed by atoms with Crippen LogP contribution in [0.3, 0.4) is 0 Å². The summed E-state index contributed by atoms with van der Waals surface area (Å²) >= 11 is 1.53. The fraction of sp³-hybridized carbons (Fsp3) is 0. The third-order valence-electron chi connectivity index (χ3n) is 1.64. The number of aromatic nitrogens is 1. The highest BCUT2D eigenvalue weighted by molar-refractivity contribution is 7.13. The Morgan fingerprint density at radius 2 is 2.50 bits per heavy atom. The van der Waals surface area contributed by atoms with Gasteiger partial charge in [-0.3, -0.25) is 4.79 Å². The zero-order valence-corrected chi connectivity index (χ0v) is 7.95. The van der Waals surface area contributed by atoms with Crippen molar-refractivity contribution in [3.63, 3.8) is 0 Å². The molecule has 0 atom stereocenters. The smallest absolute Gasteiger partial charge is 0.314 e. The molecule has 0 spiro atoms. The van der Waals surface area contributed by atoms with Crippen LogP contribution in [-0.2, 0) is 0 Å². The maximum Gasteiger partial charge on any atom is 0.314 e. The number of hydrogen-bond donors (Lipinski definition) is 0. The summed E-state index contributed by atoms with van der Waals surface area (Å²) in [4.78, 5) is 15.2. The van der Waals surface area contributed by atoms with E-state index in [2.05, 4.69) is 16.9 Å². The van der Waals surface area contributed by atoms with Crippen molar-refractivity contribution >= 4 is 24.0 Å². The summed E-state index contributed by atoms with van der Waals surface area (Å²) in [6.45, 7) is 3.12. The Balaban J connectivity index is 2.35. The van der Waals surface area contributed by atoms with E-state index in [1.807, 2.05) is 17.5 Å². The van der Waals surface area contributed by atoms with Crippen LogP contribution in [-0.4, -0.2) is 17.8 Å². The monoisotopic (exact) mass is 206 g/mol. The van der Waals surface area contributed by atoms with Crippen molar-refractivity contribution in [2.45, 2.75) is 0 Å². The number of carbonyl (C=O) groups is 1. The number of amides is 1. The number of thiophene rings is 1. The average Bonchev–Trinajstić information content (AvgIpc) is 2.86. The third-order valence-corrected chi connectivity index (χ3v) is 2.53. The van der Waals surface area contributed by atoms with E-state index in [1.165, 1.54) is 11.3 Å². The van der Waals surface area contributed by atoms with Gasteiger partial charge < -0.3 is 4.52 Å². The van der Waals surface area contributed by atoms with Crippen LogP contribution in [0.5, 0.6) is 0 Å². The van der Waals surface area contributed by atoms with E-state index in [-0.39, 0.29) is 5.76 Å². The third kappa shape index (κ3) is 1.49. The molecule has 0 radical (unpaired) electrons. The summed E-state index contributed by atoms with van der Waals surface area (Å²) in [6.07, 6.45) is 0. The van der Waals surface area contributed by atoms with Gasteiger partial charge in [0.25, 0.3) is 0 Å². The minimum atomic E-state index is -0.500. The van der Waals surface area contributed by atoms with Crippen molar-refractivity contribution in [3.05, 3.63) is 29.3 Å². The zero-order valence-electron chi connectivity index (χ0n) is 7.14. The zero-order chi connectivity index (χ0) is 9.97. The number of hydrogen-bond acceptors (Lipinski definition) is 4. The van der Waals surface area contributed by atoms with Gasteiger partial charge in [-0.15, -0.1) is 11.3 Å². The molecule has 0 saturated carbocycles. The molecule has 0 aliphatic rings. The van der Waals surface area contributed by atoms with Crippen LogP contribution in [0.4, 0.5) is 0 Å². The van der Waals surface area contributed by atoms with Gasteiger partial charge in [-0.05, 0) is 18.2 Å². The molecule has 0 aromatic carbocycles. The van der Waals surface area contributed by atoms with E-state index in [9.17, 15) is 4.79 Å². The van der Waals surface area contributed by atoms with Crippen LogP contribution in [0, 0.1) is 0 Å². The van der Waals surface area contributed by atoms with Crippen molar-refractivity contribution in [3.8, 4) is 10.6 Å². The Hall–Kier alpha value is -1.75. The van der Waals surface area contributed by atoms with E-state index in [1.54, 1.807) is 6.07 Å². The first-order valence-corrected chi connectivity index (χ1v) is 4.71. The fourth-order valence-corrected chi connectivity index (χ4v) is 1.67. The van der Waals surface area contributed by atoms with Gasteiger partial charge in [-0.1, -0.05) is 11.2 Å². The fourth-order valence-electron chi connectivity index (χ4n) is 0.994. The van der Waals surface area contributed by atoms with Gasteiger partial charge in [-0.2, -0.15) is 0 Å². The van der Waals surface area contributed by atoms with E-state index in [0.29, 0.717) is 5.69 Å². The predicted octanol–water partition coefficient (Wildman–Crippen LogP) is 2.24. The Morgan fingerprint density at radius 3 is 3.14 bits per heavy atom. The van der Waals surface area contributed by atoms with Gasteiger partial charge in [0.2, 0.25) is 5.76 Å². The molecule has 0 fully saturated rings. The molecule has 1 amide bonds. The average molecular weight is 206 g/mol. The molecule has 0 bridgehead atoms. The molecule has 0 unspecified atom stereocenters. The van der Waals surface area contributed by atoms with Crippen LogP contribution in [0.15, 0.2) is 33.1 Å². The molecule has 0 N–H and O–H groups in total. The minimum absolute atomic E-state index is 0.114. The lowest BCUT2D eigenvalue weighted by Crippen LogP contribution is -1.89. The van der Waals surface area contributed by atoms with Crippen molar-refractivity contribution in [2.75, 3.05) is 0 Å². The standard InChI is InChI=1S/C9H6N2O2S/c1-10-9(12)7-5-6(11-13-7)8-3-2-4-14-8/h2-5H,1H2. The van der Waals surface area contributed by atoms with Crippen LogP contribution < -0.4 is 0 Å². The normalized spacial score (nSPS) is 10.0. The van der Waals surface area contributed by atoms with Crippen LogP contribution in [0.2, 0.25) is 0 Å². The molecule has 2 aromatic rings. The summed E-state index contributed by atoms with van der Waals surface area (Å²) in [6, 6.07) is 5.36. The number of aliphatic imine (C=N–C) groups is 1. The van der Waals surface area contributed by atoms with Crippen molar-refractivity contribution < 1.29 is 9.32 Å². The number of carbonyl (C=O) groups excluding carboxylic acids is 1. The minimum Gasteiger partial charge on any atom is -0.350 e. The van der Waals surface area contributed by atoms with Gasteiger partial charge in [0.15, 0.2) is 0 Å². The predicted molar refractivity (Wildman–Crippen MR) is 53.7 cm³/mol. The summed E-state index contributed by atoms with van der Waals surface area (Å²) in [5, 5.41) is 5.68. The molecule has 14 heavy (non-hydrogen) atoms. The Labute approximate surface area is 83.9 Å². The Kier molecular flexibility index (Phi) is 2.24. The summed E-state index contributed by atoms with van der Waals surface area (Å²) in [5.74, 6) is -0.385. The van der Waals surface area contributed by atoms with Crippen molar-refractivity contribution in [2.24, 2.45) is 4.99 Å². The molecule has 0 saturated heterocycles. The van der Waals surface area contributed by atoms with Crippen molar-refractivity contribution in [1.82, 2.24) is 5.16 Å². The second-order valence-corrected chi connectivity index (χ2v) is 3.46. The van der Waals surface area contributed by atoms with Gasteiger partial charge in [0, 0.05) is 6.07 Å². The highest BCUT2D eigenvalue weighted by Crippen LogP contribution is 2.24. The lowest BCUT2D eigenvalue weighted by atomic mass is 10.3. The molecular weight excluding hydrogens is 200 g/mol. The lowest BCUT2D eigenvalue weighted by molar-refractivity contribution is 0.0969. The number of nitrogens with zero attached hydrogens (tertiary/aromatic N) is 2. The Bertz CT molecular complexity index is 459. The summed E-state index contributed by atoms with van der Waals surface area (Å²) in [7, 11) is 0. The molecule has 2 rings (SSSR count). The second-order valence-electron chi connectivity index (χ2n) is 2.52. The highest BCUT2D eigenvalue weighted by atomic mass is 32.1. The largest absolute Gasteiger partial charge is 0.350 e. The van der Waals surface area contributed by atoms with Crippen LogP contribution >= 0.6 is 11.3 Å². The molecule has 5 heteroatoms. The molecule has 2 aromatic heterocycles. The lowest BCUT2D eigenvalue weighted by Gasteiger charge is -1.82. The van der Waals surface area contributed by atoms with E-state index in [4.69, 9.17) is 4.52 Å². The van der Waals surface area contributed by atoms with E-state index >= 15 is 0 Å². The molecule has 2 heterocycles. The van der Waals surface area contributed by atoms with Gasteiger partial charge in [0.05, 0.1) is 4.88 Å². The SMILES string of the molecule is C=NC(=O)c1cc(-c2cccs2)no1. The molecule has 0 aliphatic heterocycles. The quantitative estimate of drug-likeness (QED) is 0.708. The van der Waals surface area contributed by atoms with Gasteiger partial charge in [-0.25, -0.2) is 4.99 Å². The first kappa shape index (κ1) is 8.83.